The molecule has 0 bridgehead atoms. The molecule has 0 saturated heterocycles. The lowest BCUT2D eigenvalue weighted by Crippen LogP contribution is -2.27. The Morgan fingerprint density at radius 2 is 2.00 bits per heavy atom. The monoisotopic (exact) mass is 213 g/mol. The molecule has 1 unspecified atom stereocenters. The van der Waals surface area contributed by atoms with Crippen LogP contribution in [-0.2, 0) is 4.79 Å². The minimum absolute atomic E-state index is 0.152. The first-order valence-electron chi connectivity index (χ1n) is 6.08. The highest BCUT2D eigenvalue weighted by Crippen LogP contribution is 2.35. The van der Waals surface area contributed by atoms with Gasteiger partial charge >= 0.3 is 5.97 Å². The van der Waals surface area contributed by atoms with E-state index in [1.807, 2.05) is 0 Å². The molecule has 1 aliphatic rings. The Morgan fingerprint density at radius 1 is 1.40 bits per heavy atom. The third kappa shape index (κ3) is 3.82. The smallest absolute Gasteiger partial charge is 0.306 e. The van der Waals surface area contributed by atoms with Gasteiger partial charge in [0, 0.05) is 0 Å². The third-order valence-electron chi connectivity index (χ3n) is 3.67. The van der Waals surface area contributed by atoms with Crippen molar-refractivity contribution in [1.29, 1.82) is 0 Å². The average molecular weight is 213 g/mol. The summed E-state index contributed by atoms with van der Waals surface area (Å²) in [6, 6.07) is 0. The molecule has 3 nitrogen and oxygen atoms in total. The summed E-state index contributed by atoms with van der Waals surface area (Å²) in [4.78, 5) is 11.1. The summed E-state index contributed by atoms with van der Waals surface area (Å²) in [6.45, 7) is 2.86. The zero-order valence-corrected chi connectivity index (χ0v) is 9.61. The maximum Gasteiger partial charge on any atom is 0.306 e. The summed E-state index contributed by atoms with van der Waals surface area (Å²) in [7, 11) is 0. The highest BCUT2D eigenvalue weighted by molar-refractivity contribution is 5.70. The molecule has 0 aromatic rings. The van der Waals surface area contributed by atoms with E-state index in [0.29, 0.717) is 12.5 Å². The molecule has 0 aliphatic heterocycles. The predicted octanol–water partition coefficient (Wildman–Crippen LogP) is 2.25. The first-order valence-corrected chi connectivity index (χ1v) is 6.08. The van der Waals surface area contributed by atoms with Gasteiger partial charge in [0.25, 0.3) is 0 Å². The van der Waals surface area contributed by atoms with E-state index in [9.17, 15) is 9.90 Å². The van der Waals surface area contributed by atoms with Gasteiger partial charge in [-0.05, 0) is 44.1 Å². The summed E-state index contributed by atoms with van der Waals surface area (Å²) in [5.41, 5.74) is 5.44. The maximum atomic E-state index is 11.1. The molecule has 0 amide bonds. The van der Waals surface area contributed by atoms with Gasteiger partial charge in [0.05, 0.1) is 5.92 Å². The van der Waals surface area contributed by atoms with Crippen LogP contribution in [0, 0.1) is 17.8 Å². The Labute approximate surface area is 92.0 Å². The van der Waals surface area contributed by atoms with Gasteiger partial charge in [-0.2, -0.15) is 0 Å². The van der Waals surface area contributed by atoms with Crippen molar-refractivity contribution in [2.24, 2.45) is 23.5 Å². The second-order valence-electron chi connectivity index (χ2n) is 4.90. The van der Waals surface area contributed by atoms with Crippen LogP contribution in [0.4, 0.5) is 0 Å². The van der Waals surface area contributed by atoms with E-state index in [4.69, 9.17) is 5.73 Å². The molecular formula is C12H23NO2. The highest BCUT2D eigenvalue weighted by Gasteiger charge is 2.30. The van der Waals surface area contributed by atoms with Gasteiger partial charge in [-0.15, -0.1) is 0 Å². The fourth-order valence-electron chi connectivity index (χ4n) is 2.59. The molecule has 1 rings (SSSR count). The van der Waals surface area contributed by atoms with Crippen LogP contribution in [0.5, 0.6) is 0 Å². The van der Waals surface area contributed by atoms with Crippen LogP contribution in [0.15, 0.2) is 0 Å². The van der Waals surface area contributed by atoms with E-state index in [1.54, 1.807) is 0 Å². The topological polar surface area (TPSA) is 63.3 Å². The molecule has 3 heteroatoms. The molecule has 3 N–H and O–H groups in total. The Balaban J connectivity index is 2.44. The quantitative estimate of drug-likeness (QED) is 0.736. The minimum Gasteiger partial charge on any atom is -0.481 e. The highest BCUT2D eigenvalue weighted by atomic mass is 16.4. The van der Waals surface area contributed by atoms with Crippen molar-refractivity contribution in [2.45, 2.75) is 45.4 Å². The molecule has 0 spiro atoms. The lowest BCUT2D eigenvalue weighted by atomic mass is 9.75. The number of carboxylic acid groups (broad SMARTS) is 1. The van der Waals surface area contributed by atoms with Crippen molar-refractivity contribution in [3.8, 4) is 0 Å². The van der Waals surface area contributed by atoms with Gasteiger partial charge in [-0.1, -0.05) is 19.8 Å². The van der Waals surface area contributed by atoms with Gasteiger partial charge in [-0.25, -0.2) is 0 Å². The summed E-state index contributed by atoms with van der Waals surface area (Å²) in [5, 5.41) is 9.18. The second kappa shape index (κ2) is 6.11. The normalized spacial score (nSPS) is 28.7. The lowest BCUT2D eigenvalue weighted by Gasteiger charge is -2.30. The molecule has 1 saturated carbocycles. The van der Waals surface area contributed by atoms with E-state index in [-0.39, 0.29) is 5.92 Å². The van der Waals surface area contributed by atoms with Crippen molar-refractivity contribution in [1.82, 2.24) is 0 Å². The standard InChI is InChI=1S/C12H23NO2/c1-9-4-6-10(7-5-9)11(12(14)15)3-2-8-13/h9-11H,2-8,13H2,1H3,(H,14,15). The van der Waals surface area contributed by atoms with E-state index >= 15 is 0 Å². The lowest BCUT2D eigenvalue weighted by molar-refractivity contribution is -0.144. The van der Waals surface area contributed by atoms with Crippen molar-refractivity contribution in [3.05, 3.63) is 0 Å². The van der Waals surface area contributed by atoms with Gasteiger partial charge in [-0.3, -0.25) is 4.79 Å². The molecule has 15 heavy (non-hydrogen) atoms. The number of rotatable bonds is 5. The molecule has 0 aromatic heterocycles. The van der Waals surface area contributed by atoms with Crippen LogP contribution in [0.2, 0.25) is 0 Å². The number of hydrogen-bond acceptors (Lipinski definition) is 2. The molecule has 0 heterocycles. The van der Waals surface area contributed by atoms with E-state index in [2.05, 4.69) is 6.92 Å². The van der Waals surface area contributed by atoms with Gasteiger partial charge in [0.2, 0.25) is 0 Å². The minimum atomic E-state index is -0.622. The van der Waals surface area contributed by atoms with Gasteiger partial charge in [0.15, 0.2) is 0 Å². The van der Waals surface area contributed by atoms with E-state index in [1.165, 1.54) is 12.8 Å². The van der Waals surface area contributed by atoms with Crippen LogP contribution in [0.25, 0.3) is 0 Å². The molecule has 1 atom stereocenters. The first kappa shape index (κ1) is 12.5. The first-order chi connectivity index (χ1) is 7.15. The number of nitrogens with two attached hydrogens (primary N) is 1. The summed E-state index contributed by atoms with van der Waals surface area (Å²) >= 11 is 0. The van der Waals surface area contributed by atoms with E-state index in [0.717, 1.165) is 31.6 Å². The molecule has 88 valence electrons. The number of hydrogen-bond donors (Lipinski definition) is 2. The Morgan fingerprint density at radius 3 is 2.47 bits per heavy atom. The zero-order chi connectivity index (χ0) is 11.3. The maximum absolute atomic E-state index is 11.1. The van der Waals surface area contributed by atoms with Crippen LogP contribution in [0.1, 0.15) is 45.4 Å². The van der Waals surface area contributed by atoms with Gasteiger partial charge in [0.1, 0.15) is 0 Å². The second-order valence-corrected chi connectivity index (χ2v) is 4.90. The fraction of sp³-hybridized carbons (Fsp3) is 0.917. The Hall–Kier alpha value is -0.570. The molecule has 1 aliphatic carbocycles. The zero-order valence-electron chi connectivity index (χ0n) is 9.61. The van der Waals surface area contributed by atoms with Crippen molar-refractivity contribution >= 4 is 5.97 Å². The van der Waals surface area contributed by atoms with Crippen LogP contribution < -0.4 is 5.73 Å². The van der Waals surface area contributed by atoms with Crippen molar-refractivity contribution in [3.63, 3.8) is 0 Å². The SMILES string of the molecule is CC1CCC(C(CCCN)C(=O)O)CC1. The molecule has 0 aromatic carbocycles. The molecular weight excluding hydrogens is 190 g/mol. The van der Waals surface area contributed by atoms with Crippen LogP contribution in [-0.4, -0.2) is 17.6 Å². The van der Waals surface area contributed by atoms with Crippen LogP contribution in [0.3, 0.4) is 0 Å². The van der Waals surface area contributed by atoms with Crippen LogP contribution >= 0.6 is 0 Å². The fourth-order valence-corrected chi connectivity index (χ4v) is 2.59. The molecule has 0 radical (unpaired) electrons. The van der Waals surface area contributed by atoms with Crippen molar-refractivity contribution in [2.75, 3.05) is 6.54 Å². The third-order valence-corrected chi connectivity index (χ3v) is 3.67. The van der Waals surface area contributed by atoms with Crippen molar-refractivity contribution < 1.29 is 9.90 Å². The van der Waals surface area contributed by atoms with Gasteiger partial charge < -0.3 is 10.8 Å². The number of carboxylic acids is 1. The largest absolute Gasteiger partial charge is 0.481 e. The predicted molar refractivity (Wildman–Crippen MR) is 60.5 cm³/mol. The number of carbonyl (C=O) groups is 1. The Kier molecular flexibility index (Phi) is 5.09. The summed E-state index contributed by atoms with van der Waals surface area (Å²) in [6.07, 6.45) is 6.15. The Bertz CT molecular complexity index is 198. The van der Waals surface area contributed by atoms with E-state index < -0.39 is 5.97 Å². The molecule has 1 fully saturated rings. The number of aliphatic carboxylic acids is 1. The summed E-state index contributed by atoms with van der Waals surface area (Å²) in [5.74, 6) is 0.402. The average Bonchev–Trinajstić information content (AvgIpc) is 2.21. The summed E-state index contributed by atoms with van der Waals surface area (Å²) < 4.78 is 0.